The highest BCUT2D eigenvalue weighted by Gasteiger charge is 2.05. The van der Waals surface area contributed by atoms with E-state index in [4.69, 9.17) is 6.42 Å². The van der Waals surface area contributed by atoms with Crippen LogP contribution in [0.5, 0.6) is 0 Å². The van der Waals surface area contributed by atoms with Gasteiger partial charge in [-0.1, -0.05) is 0 Å². The summed E-state index contributed by atoms with van der Waals surface area (Å²) in [6.45, 7) is 0. The minimum atomic E-state index is 0.515. The van der Waals surface area contributed by atoms with Crippen molar-refractivity contribution in [2.75, 3.05) is 7.05 Å². The summed E-state index contributed by atoms with van der Waals surface area (Å²) < 4.78 is 0. The maximum atomic E-state index is 5.23. The number of rotatable bonds is 6. The van der Waals surface area contributed by atoms with Gasteiger partial charge in [0.2, 0.25) is 0 Å². The van der Waals surface area contributed by atoms with Gasteiger partial charge >= 0.3 is 0 Å². The highest BCUT2D eigenvalue weighted by Crippen LogP contribution is 2.07. The number of pyridine rings is 1. The van der Waals surface area contributed by atoms with Crippen LogP contribution in [0.2, 0.25) is 0 Å². The smallest absolute Gasteiger partial charge is 0.0270 e. The van der Waals surface area contributed by atoms with Gasteiger partial charge in [0.25, 0.3) is 0 Å². The van der Waals surface area contributed by atoms with Crippen molar-refractivity contribution < 1.29 is 0 Å². The van der Waals surface area contributed by atoms with E-state index in [0.29, 0.717) is 6.04 Å². The first kappa shape index (κ1) is 11.7. The van der Waals surface area contributed by atoms with Gasteiger partial charge in [0, 0.05) is 24.9 Å². The Morgan fingerprint density at radius 2 is 2.20 bits per heavy atom. The van der Waals surface area contributed by atoms with E-state index in [-0.39, 0.29) is 0 Å². The molecule has 0 saturated heterocycles. The van der Waals surface area contributed by atoms with Gasteiger partial charge in [-0.25, -0.2) is 0 Å². The first-order valence-corrected chi connectivity index (χ1v) is 5.36. The lowest BCUT2D eigenvalue weighted by atomic mass is 10.0. The molecule has 1 heterocycles. The zero-order valence-electron chi connectivity index (χ0n) is 9.24. The summed E-state index contributed by atoms with van der Waals surface area (Å²) in [6, 6.07) is 4.64. The molecule has 0 spiro atoms. The molecule has 0 bridgehead atoms. The molecule has 2 nitrogen and oxygen atoms in total. The van der Waals surface area contributed by atoms with E-state index in [1.807, 2.05) is 19.4 Å². The molecule has 0 radical (unpaired) electrons. The number of nitrogens with zero attached hydrogens (tertiary/aromatic N) is 1. The molecule has 1 aromatic heterocycles. The van der Waals surface area contributed by atoms with Crippen LogP contribution in [-0.2, 0) is 6.42 Å². The van der Waals surface area contributed by atoms with Gasteiger partial charge in [-0.15, -0.1) is 12.3 Å². The van der Waals surface area contributed by atoms with Crippen LogP contribution in [0.1, 0.15) is 24.8 Å². The molecular weight excluding hydrogens is 184 g/mol. The van der Waals surface area contributed by atoms with E-state index < -0.39 is 0 Å². The number of likely N-dealkylation sites (N-methyl/N-ethyl adjacent to an activating group) is 1. The van der Waals surface area contributed by atoms with Gasteiger partial charge in [-0.05, 0) is 44.0 Å². The standard InChI is InChI=1S/C13H18N2/c1-3-4-5-6-13(14-2)11-12-7-9-15-10-8-12/h1,7-10,13-14H,4-6,11H2,2H3. The fourth-order valence-corrected chi connectivity index (χ4v) is 1.60. The Hall–Kier alpha value is -1.33. The molecule has 0 aromatic carbocycles. The first-order chi connectivity index (χ1) is 7.36. The van der Waals surface area contributed by atoms with Crippen LogP contribution in [0.15, 0.2) is 24.5 Å². The van der Waals surface area contributed by atoms with E-state index in [9.17, 15) is 0 Å². The largest absolute Gasteiger partial charge is 0.317 e. The minimum absolute atomic E-state index is 0.515. The summed E-state index contributed by atoms with van der Waals surface area (Å²) >= 11 is 0. The Balaban J connectivity index is 2.37. The van der Waals surface area contributed by atoms with Crippen LogP contribution < -0.4 is 5.32 Å². The molecule has 2 heteroatoms. The summed E-state index contributed by atoms with van der Waals surface area (Å²) in [5.41, 5.74) is 1.32. The van der Waals surface area contributed by atoms with E-state index in [0.717, 1.165) is 25.7 Å². The van der Waals surface area contributed by atoms with Gasteiger partial charge in [0.15, 0.2) is 0 Å². The third-order valence-corrected chi connectivity index (χ3v) is 2.51. The van der Waals surface area contributed by atoms with Crippen molar-refractivity contribution in [2.45, 2.75) is 31.7 Å². The quantitative estimate of drug-likeness (QED) is 0.564. The summed E-state index contributed by atoms with van der Waals surface area (Å²) in [5.74, 6) is 2.67. The molecule has 1 aromatic rings. The molecular formula is C13H18N2. The Bertz CT molecular complexity index is 300. The second-order valence-electron chi connectivity index (χ2n) is 3.64. The van der Waals surface area contributed by atoms with Crippen LogP contribution >= 0.6 is 0 Å². The zero-order valence-corrected chi connectivity index (χ0v) is 9.24. The lowest BCUT2D eigenvalue weighted by molar-refractivity contribution is 0.506. The summed E-state index contributed by atoms with van der Waals surface area (Å²) in [7, 11) is 2.00. The number of aromatic nitrogens is 1. The summed E-state index contributed by atoms with van der Waals surface area (Å²) in [5, 5.41) is 3.32. The van der Waals surface area contributed by atoms with E-state index in [2.05, 4.69) is 28.4 Å². The van der Waals surface area contributed by atoms with Gasteiger partial charge in [0.1, 0.15) is 0 Å². The first-order valence-electron chi connectivity index (χ1n) is 5.36. The maximum absolute atomic E-state index is 5.23. The molecule has 0 aliphatic heterocycles. The predicted octanol–water partition coefficient (Wildman–Crippen LogP) is 2.02. The second-order valence-corrected chi connectivity index (χ2v) is 3.64. The van der Waals surface area contributed by atoms with Crippen molar-refractivity contribution in [1.82, 2.24) is 10.3 Å². The van der Waals surface area contributed by atoms with Crippen LogP contribution in [0.4, 0.5) is 0 Å². The molecule has 80 valence electrons. The molecule has 0 aliphatic carbocycles. The molecule has 0 fully saturated rings. The molecule has 0 saturated carbocycles. The molecule has 1 rings (SSSR count). The number of hydrogen-bond acceptors (Lipinski definition) is 2. The lowest BCUT2D eigenvalue weighted by Crippen LogP contribution is -2.27. The van der Waals surface area contributed by atoms with Crippen molar-refractivity contribution in [1.29, 1.82) is 0 Å². The van der Waals surface area contributed by atoms with Crippen LogP contribution in [0, 0.1) is 12.3 Å². The highest BCUT2D eigenvalue weighted by atomic mass is 14.9. The second kappa shape index (κ2) is 7.03. The van der Waals surface area contributed by atoms with Gasteiger partial charge in [0.05, 0.1) is 0 Å². The average Bonchev–Trinajstić information content (AvgIpc) is 2.29. The third kappa shape index (κ3) is 4.62. The fraction of sp³-hybridized carbons (Fsp3) is 0.462. The number of nitrogens with one attached hydrogen (secondary N) is 1. The summed E-state index contributed by atoms with van der Waals surface area (Å²) in [4.78, 5) is 4.01. The van der Waals surface area contributed by atoms with Gasteiger partial charge < -0.3 is 5.32 Å². The Labute approximate surface area is 92.1 Å². The molecule has 0 amide bonds. The minimum Gasteiger partial charge on any atom is -0.317 e. The van der Waals surface area contributed by atoms with Crippen molar-refractivity contribution in [3.8, 4) is 12.3 Å². The van der Waals surface area contributed by atoms with Gasteiger partial charge in [-0.3, -0.25) is 4.98 Å². The van der Waals surface area contributed by atoms with E-state index in [1.54, 1.807) is 0 Å². The number of terminal acetylenes is 1. The molecule has 15 heavy (non-hydrogen) atoms. The third-order valence-electron chi connectivity index (χ3n) is 2.51. The number of unbranched alkanes of at least 4 members (excludes halogenated alkanes) is 1. The number of hydrogen-bond donors (Lipinski definition) is 1. The SMILES string of the molecule is C#CCCCC(Cc1ccncc1)NC. The summed E-state index contributed by atoms with van der Waals surface area (Å²) in [6.07, 6.45) is 13.0. The maximum Gasteiger partial charge on any atom is 0.0270 e. The van der Waals surface area contributed by atoms with E-state index in [1.165, 1.54) is 5.56 Å². The van der Waals surface area contributed by atoms with E-state index >= 15 is 0 Å². The molecule has 1 unspecified atom stereocenters. The molecule has 0 aliphatic rings. The normalized spacial score (nSPS) is 12.0. The molecule has 1 atom stereocenters. The predicted molar refractivity (Wildman–Crippen MR) is 63.5 cm³/mol. The Morgan fingerprint density at radius 3 is 2.80 bits per heavy atom. The van der Waals surface area contributed by atoms with Crippen molar-refractivity contribution >= 4 is 0 Å². The van der Waals surface area contributed by atoms with Crippen molar-refractivity contribution in [3.63, 3.8) is 0 Å². The van der Waals surface area contributed by atoms with Crippen molar-refractivity contribution in [2.24, 2.45) is 0 Å². The Kier molecular flexibility index (Phi) is 5.50. The average molecular weight is 202 g/mol. The highest BCUT2D eigenvalue weighted by molar-refractivity contribution is 5.11. The molecule has 1 N–H and O–H groups in total. The van der Waals surface area contributed by atoms with Crippen LogP contribution in [0.3, 0.4) is 0 Å². The monoisotopic (exact) mass is 202 g/mol. The van der Waals surface area contributed by atoms with Crippen LogP contribution in [-0.4, -0.2) is 18.1 Å². The topological polar surface area (TPSA) is 24.9 Å². The van der Waals surface area contributed by atoms with Crippen molar-refractivity contribution in [3.05, 3.63) is 30.1 Å². The van der Waals surface area contributed by atoms with Crippen LogP contribution in [0.25, 0.3) is 0 Å². The van der Waals surface area contributed by atoms with Gasteiger partial charge in [-0.2, -0.15) is 0 Å². The zero-order chi connectivity index (χ0) is 10.9. The lowest BCUT2D eigenvalue weighted by Gasteiger charge is -2.15. The fourth-order valence-electron chi connectivity index (χ4n) is 1.60. The Morgan fingerprint density at radius 1 is 1.47 bits per heavy atom.